The van der Waals surface area contributed by atoms with Crippen LogP contribution in [0.25, 0.3) is 11.0 Å². The van der Waals surface area contributed by atoms with Crippen LogP contribution < -0.4 is 0 Å². The molecule has 0 amide bonds. The quantitative estimate of drug-likeness (QED) is 0.599. The van der Waals surface area contributed by atoms with Crippen molar-refractivity contribution in [3.63, 3.8) is 0 Å². The molecule has 0 aliphatic heterocycles. The fourth-order valence-electron chi connectivity index (χ4n) is 1.75. The predicted octanol–water partition coefficient (Wildman–Crippen LogP) is 1.24. The molecule has 0 saturated carbocycles. The van der Waals surface area contributed by atoms with Crippen molar-refractivity contribution in [1.82, 2.24) is 15.0 Å². The molecule has 0 fully saturated rings. The lowest BCUT2D eigenvalue weighted by atomic mass is 10.1. The number of fused-ring (bicyclic) bond motifs is 1. The molecule has 0 N–H and O–H groups in total. The minimum Gasteiger partial charge on any atom is -0.462 e. The molecule has 0 spiro atoms. The number of rotatable bonds is 5. The van der Waals surface area contributed by atoms with Gasteiger partial charge in [-0.05, 0) is 37.1 Å². The van der Waals surface area contributed by atoms with Crippen molar-refractivity contribution < 1.29 is 14.3 Å². The molecule has 102 valence electrons. The van der Waals surface area contributed by atoms with Gasteiger partial charge in [0, 0.05) is 7.11 Å². The van der Waals surface area contributed by atoms with Gasteiger partial charge in [-0.3, -0.25) is 4.79 Å². The van der Waals surface area contributed by atoms with E-state index in [1.165, 1.54) is 0 Å². The van der Waals surface area contributed by atoms with Gasteiger partial charge in [-0.25, -0.2) is 4.68 Å². The maximum absolute atomic E-state index is 11.6. The van der Waals surface area contributed by atoms with Crippen LogP contribution in [0.15, 0.2) is 12.1 Å². The number of aryl methyl sites for hydroxylation is 2. The summed E-state index contributed by atoms with van der Waals surface area (Å²) in [6.45, 7) is 4.74. The zero-order chi connectivity index (χ0) is 13.8. The highest BCUT2D eigenvalue weighted by Gasteiger charge is 2.11. The normalized spacial score (nSPS) is 10.9. The van der Waals surface area contributed by atoms with Crippen molar-refractivity contribution in [3.8, 4) is 0 Å². The molecule has 0 radical (unpaired) electrons. The van der Waals surface area contributed by atoms with Crippen LogP contribution in [0.4, 0.5) is 0 Å². The van der Waals surface area contributed by atoms with Crippen molar-refractivity contribution in [3.05, 3.63) is 23.3 Å². The number of carbonyl (C=O) groups is 1. The number of nitrogens with zero attached hydrogens (tertiary/aromatic N) is 3. The molecule has 1 aromatic heterocycles. The second kappa shape index (κ2) is 5.79. The minimum absolute atomic E-state index is 0.0582. The van der Waals surface area contributed by atoms with E-state index in [-0.39, 0.29) is 19.1 Å². The van der Waals surface area contributed by atoms with Gasteiger partial charge in [0.2, 0.25) is 0 Å². The largest absolute Gasteiger partial charge is 0.462 e. The second-order valence-corrected chi connectivity index (χ2v) is 4.39. The number of esters is 1. The molecule has 1 heterocycles. The third-order valence-electron chi connectivity index (χ3n) is 2.96. The van der Waals surface area contributed by atoms with E-state index in [1.807, 2.05) is 26.0 Å². The highest BCUT2D eigenvalue weighted by molar-refractivity contribution is 5.78. The van der Waals surface area contributed by atoms with Crippen molar-refractivity contribution in [2.24, 2.45) is 0 Å². The van der Waals surface area contributed by atoms with Crippen molar-refractivity contribution in [2.45, 2.75) is 20.4 Å². The van der Waals surface area contributed by atoms with Gasteiger partial charge >= 0.3 is 5.97 Å². The minimum atomic E-state index is -0.345. The van der Waals surface area contributed by atoms with Crippen LogP contribution in [0.5, 0.6) is 0 Å². The zero-order valence-electron chi connectivity index (χ0n) is 11.3. The molecule has 0 atom stereocenters. The van der Waals surface area contributed by atoms with E-state index in [9.17, 15) is 4.79 Å². The first-order valence-corrected chi connectivity index (χ1v) is 6.07. The molecule has 0 bridgehead atoms. The molecule has 2 rings (SSSR count). The lowest BCUT2D eigenvalue weighted by Crippen LogP contribution is -2.16. The molecule has 1 aromatic carbocycles. The van der Waals surface area contributed by atoms with Crippen LogP contribution >= 0.6 is 0 Å². The Bertz CT molecular complexity index is 592. The number of methoxy groups -OCH3 is 1. The SMILES string of the molecule is COCCOC(=O)Cn1nnc2cc(C)c(C)cc21. The maximum atomic E-state index is 11.6. The van der Waals surface area contributed by atoms with Crippen LogP contribution in [-0.2, 0) is 20.8 Å². The molecule has 6 heteroatoms. The zero-order valence-corrected chi connectivity index (χ0v) is 11.3. The summed E-state index contributed by atoms with van der Waals surface area (Å²) in [5.74, 6) is -0.345. The van der Waals surface area contributed by atoms with E-state index < -0.39 is 0 Å². The highest BCUT2D eigenvalue weighted by atomic mass is 16.6. The molecule has 0 unspecified atom stereocenters. The van der Waals surface area contributed by atoms with Crippen LogP contribution in [0.3, 0.4) is 0 Å². The fraction of sp³-hybridized carbons (Fsp3) is 0.462. The van der Waals surface area contributed by atoms with Gasteiger partial charge in [0.25, 0.3) is 0 Å². The smallest absolute Gasteiger partial charge is 0.327 e. The van der Waals surface area contributed by atoms with Crippen LogP contribution in [0.2, 0.25) is 0 Å². The third-order valence-corrected chi connectivity index (χ3v) is 2.96. The lowest BCUT2D eigenvalue weighted by Gasteiger charge is -2.05. The highest BCUT2D eigenvalue weighted by Crippen LogP contribution is 2.17. The number of hydrogen-bond acceptors (Lipinski definition) is 5. The summed E-state index contributed by atoms with van der Waals surface area (Å²) in [7, 11) is 1.56. The Morgan fingerprint density at radius 1 is 1.26 bits per heavy atom. The standard InChI is InChI=1S/C13H17N3O3/c1-9-6-11-12(7-10(9)2)16(15-14-11)8-13(17)19-5-4-18-3/h6-7H,4-5,8H2,1-3H3. The van der Waals surface area contributed by atoms with Gasteiger partial charge in [-0.15, -0.1) is 5.10 Å². The first-order valence-electron chi connectivity index (χ1n) is 6.07. The fourth-order valence-corrected chi connectivity index (χ4v) is 1.75. The van der Waals surface area contributed by atoms with E-state index in [4.69, 9.17) is 9.47 Å². The first kappa shape index (κ1) is 13.5. The van der Waals surface area contributed by atoms with Gasteiger partial charge in [0.15, 0.2) is 0 Å². The third kappa shape index (κ3) is 3.08. The molecular formula is C13H17N3O3. The van der Waals surface area contributed by atoms with Crippen LogP contribution in [0, 0.1) is 13.8 Å². The number of aromatic nitrogens is 3. The van der Waals surface area contributed by atoms with Crippen molar-refractivity contribution in [1.29, 1.82) is 0 Å². The summed E-state index contributed by atoms with van der Waals surface area (Å²) in [4.78, 5) is 11.6. The average molecular weight is 263 g/mol. The lowest BCUT2D eigenvalue weighted by molar-refractivity contribution is -0.145. The van der Waals surface area contributed by atoms with Gasteiger partial charge in [-0.2, -0.15) is 0 Å². The van der Waals surface area contributed by atoms with E-state index in [1.54, 1.807) is 11.8 Å². The Morgan fingerprint density at radius 3 is 2.74 bits per heavy atom. The monoisotopic (exact) mass is 263 g/mol. The second-order valence-electron chi connectivity index (χ2n) is 4.39. The summed E-state index contributed by atoms with van der Waals surface area (Å²) < 4.78 is 11.4. The molecule has 2 aromatic rings. The topological polar surface area (TPSA) is 66.2 Å². The summed E-state index contributed by atoms with van der Waals surface area (Å²) in [6, 6.07) is 3.94. The van der Waals surface area contributed by atoms with Gasteiger partial charge in [0.05, 0.1) is 12.1 Å². The molecule has 19 heavy (non-hydrogen) atoms. The van der Waals surface area contributed by atoms with Gasteiger partial charge < -0.3 is 9.47 Å². The molecule has 6 nitrogen and oxygen atoms in total. The van der Waals surface area contributed by atoms with Gasteiger partial charge in [-0.1, -0.05) is 5.21 Å². The summed E-state index contributed by atoms with van der Waals surface area (Å²) in [5.41, 5.74) is 3.92. The number of ether oxygens (including phenoxy) is 2. The summed E-state index contributed by atoms with van der Waals surface area (Å²) in [6.07, 6.45) is 0. The average Bonchev–Trinajstić information content (AvgIpc) is 2.73. The maximum Gasteiger partial charge on any atom is 0.327 e. The predicted molar refractivity (Wildman–Crippen MR) is 69.8 cm³/mol. The Hall–Kier alpha value is -1.95. The molecule has 0 aliphatic carbocycles. The van der Waals surface area contributed by atoms with Crippen LogP contribution in [0.1, 0.15) is 11.1 Å². The first-order chi connectivity index (χ1) is 9.11. The molecule has 0 aliphatic rings. The molecule has 0 saturated heterocycles. The summed E-state index contributed by atoms with van der Waals surface area (Å²) in [5, 5.41) is 8.03. The van der Waals surface area contributed by atoms with E-state index in [0.717, 1.165) is 22.2 Å². The number of carbonyl (C=O) groups excluding carboxylic acids is 1. The molecular weight excluding hydrogens is 246 g/mol. The van der Waals surface area contributed by atoms with E-state index in [0.29, 0.717) is 6.61 Å². The Balaban J connectivity index is 2.13. The van der Waals surface area contributed by atoms with Crippen LogP contribution in [-0.4, -0.2) is 41.3 Å². The van der Waals surface area contributed by atoms with Gasteiger partial charge in [0.1, 0.15) is 18.7 Å². The Morgan fingerprint density at radius 2 is 2.00 bits per heavy atom. The Kier molecular flexibility index (Phi) is 4.11. The van der Waals surface area contributed by atoms with Crippen molar-refractivity contribution in [2.75, 3.05) is 20.3 Å². The number of hydrogen-bond donors (Lipinski definition) is 0. The summed E-state index contributed by atoms with van der Waals surface area (Å²) >= 11 is 0. The Labute approximate surface area is 111 Å². The number of benzene rings is 1. The van der Waals surface area contributed by atoms with E-state index in [2.05, 4.69) is 10.3 Å². The van der Waals surface area contributed by atoms with Crippen molar-refractivity contribution >= 4 is 17.0 Å². The van der Waals surface area contributed by atoms with E-state index >= 15 is 0 Å².